The van der Waals surface area contributed by atoms with Gasteiger partial charge in [0.2, 0.25) is 0 Å². The molecular formula is C14H19NOS. The van der Waals surface area contributed by atoms with Crippen LogP contribution in [0.5, 0.6) is 0 Å². The number of nitrogens with zero attached hydrogens (tertiary/aromatic N) is 1. The largest absolute Gasteiger partial charge is 0.389 e. The number of rotatable bonds is 2. The van der Waals surface area contributed by atoms with Gasteiger partial charge in [-0.1, -0.05) is 6.42 Å². The van der Waals surface area contributed by atoms with Gasteiger partial charge in [0.05, 0.1) is 5.60 Å². The Kier molecular flexibility index (Phi) is 3.14. The molecule has 2 fully saturated rings. The Hall–Kier alpha value is -0.540. The molecule has 0 amide bonds. The zero-order valence-electron chi connectivity index (χ0n) is 10.0. The molecule has 2 unspecified atom stereocenters. The van der Waals surface area contributed by atoms with Crippen LogP contribution in [0.25, 0.3) is 0 Å². The van der Waals surface area contributed by atoms with Crippen molar-refractivity contribution >= 4 is 11.8 Å². The molecule has 0 aliphatic carbocycles. The van der Waals surface area contributed by atoms with Gasteiger partial charge in [0.1, 0.15) is 0 Å². The number of hydrogen-bond donors (Lipinski definition) is 1. The molecule has 17 heavy (non-hydrogen) atoms. The van der Waals surface area contributed by atoms with Crippen LogP contribution >= 0.6 is 11.8 Å². The summed E-state index contributed by atoms with van der Waals surface area (Å²) in [6.07, 6.45) is 10.3. The van der Waals surface area contributed by atoms with Gasteiger partial charge in [0, 0.05) is 29.3 Å². The van der Waals surface area contributed by atoms with Crippen LogP contribution < -0.4 is 0 Å². The number of pyridine rings is 1. The first-order valence-corrected chi connectivity index (χ1v) is 7.45. The van der Waals surface area contributed by atoms with E-state index in [1.807, 2.05) is 24.5 Å². The molecule has 1 N–H and O–H groups in total. The molecule has 3 rings (SSSR count). The minimum Gasteiger partial charge on any atom is -0.389 e. The molecule has 2 aliphatic rings. The zero-order valence-corrected chi connectivity index (χ0v) is 10.8. The molecule has 0 saturated carbocycles. The van der Waals surface area contributed by atoms with Gasteiger partial charge in [-0.2, -0.15) is 11.8 Å². The average Bonchev–Trinajstić information content (AvgIpc) is 2.28. The molecule has 2 saturated heterocycles. The van der Waals surface area contributed by atoms with Gasteiger partial charge in [-0.15, -0.1) is 0 Å². The second-order valence-electron chi connectivity index (χ2n) is 5.48. The number of aromatic nitrogens is 1. The van der Waals surface area contributed by atoms with E-state index in [9.17, 15) is 5.11 Å². The van der Waals surface area contributed by atoms with Gasteiger partial charge in [-0.3, -0.25) is 4.98 Å². The number of hydrogen-bond acceptors (Lipinski definition) is 3. The first kappa shape index (κ1) is 11.5. The van der Waals surface area contributed by atoms with Gasteiger partial charge in [0.25, 0.3) is 0 Å². The van der Waals surface area contributed by atoms with Crippen LogP contribution in [0.3, 0.4) is 0 Å². The fraction of sp³-hybridized carbons (Fsp3) is 0.643. The summed E-state index contributed by atoms with van der Waals surface area (Å²) in [4.78, 5) is 4.03. The molecule has 2 aliphatic heterocycles. The van der Waals surface area contributed by atoms with Crippen LogP contribution in [-0.2, 0) is 6.42 Å². The molecule has 2 bridgehead atoms. The summed E-state index contributed by atoms with van der Waals surface area (Å²) in [6.45, 7) is 0. The molecule has 1 aromatic heterocycles. The van der Waals surface area contributed by atoms with Crippen molar-refractivity contribution in [3.63, 3.8) is 0 Å². The minimum absolute atomic E-state index is 0.470. The summed E-state index contributed by atoms with van der Waals surface area (Å²) < 4.78 is 0. The first-order valence-electron chi connectivity index (χ1n) is 6.50. The SMILES string of the molecule is OC1(Cc2ccncc2)CC2CCCC(C1)S2. The van der Waals surface area contributed by atoms with E-state index >= 15 is 0 Å². The van der Waals surface area contributed by atoms with E-state index in [0.717, 1.165) is 19.3 Å². The Labute approximate surface area is 107 Å². The maximum atomic E-state index is 10.8. The monoisotopic (exact) mass is 249 g/mol. The Balaban J connectivity index is 1.73. The van der Waals surface area contributed by atoms with E-state index in [1.165, 1.54) is 24.8 Å². The van der Waals surface area contributed by atoms with E-state index in [1.54, 1.807) is 0 Å². The van der Waals surface area contributed by atoms with E-state index in [2.05, 4.69) is 16.7 Å². The molecule has 3 heteroatoms. The van der Waals surface area contributed by atoms with Crippen molar-refractivity contribution in [2.45, 2.75) is 54.6 Å². The fourth-order valence-electron chi connectivity index (χ4n) is 3.24. The first-order chi connectivity index (χ1) is 8.23. The van der Waals surface area contributed by atoms with Crippen molar-refractivity contribution in [2.75, 3.05) is 0 Å². The second-order valence-corrected chi connectivity index (χ2v) is 7.08. The fourth-order valence-corrected chi connectivity index (χ4v) is 5.20. The highest BCUT2D eigenvalue weighted by atomic mass is 32.2. The maximum absolute atomic E-state index is 10.8. The molecular weight excluding hydrogens is 230 g/mol. The standard InChI is InChI=1S/C14H19NOS/c16-14(8-11-4-6-15-7-5-11)9-12-2-1-3-13(10-14)17-12/h4-7,12-13,16H,1-3,8-10H2. The molecule has 2 atom stereocenters. The number of fused-ring (bicyclic) bond motifs is 2. The van der Waals surface area contributed by atoms with Crippen LogP contribution in [0.15, 0.2) is 24.5 Å². The Bertz CT molecular complexity index is 369. The van der Waals surface area contributed by atoms with E-state index < -0.39 is 5.60 Å². The highest BCUT2D eigenvalue weighted by molar-refractivity contribution is 8.00. The van der Waals surface area contributed by atoms with Gasteiger partial charge in [0.15, 0.2) is 0 Å². The lowest BCUT2D eigenvalue weighted by molar-refractivity contribution is 0.0130. The third kappa shape index (κ3) is 2.66. The molecule has 1 aromatic rings. The predicted octanol–water partition coefficient (Wildman–Crippen LogP) is 2.80. The lowest BCUT2D eigenvalue weighted by Crippen LogP contribution is -2.44. The summed E-state index contributed by atoms with van der Waals surface area (Å²) in [5, 5.41) is 12.2. The smallest absolute Gasteiger partial charge is 0.0709 e. The third-order valence-corrected chi connectivity index (χ3v) is 5.51. The highest BCUT2D eigenvalue weighted by Gasteiger charge is 2.41. The topological polar surface area (TPSA) is 33.1 Å². The molecule has 92 valence electrons. The lowest BCUT2D eigenvalue weighted by atomic mass is 9.81. The van der Waals surface area contributed by atoms with Gasteiger partial charge >= 0.3 is 0 Å². The van der Waals surface area contributed by atoms with Crippen LogP contribution in [-0.4, -0.2) is 26.2 Å². The van der Waals surface area contributed by atoms with Crippen LogP contribution in [0.4, 0.5) is 0 Å². The van der Waals surface area contributed by atoms with Gasteiger partial charge in [-0.25, -0.2) is 0 Å². The Morgan fingerprint density at radius 3 is 2.53 bits per heavy atom. The Morgan fingerprint density at radius 2 is 1.88 bits per heavy atom. The van der Waals surface area contributed by atoms with Crippen LogP contribution in [0, 0.1) is 0 Å². The second kappa shape index (κ2) is 4.62. The normalized spacial score (nSPS) is 36.8. The summed E-state index contributed by atoms with van der Waals surface area (Å²) in [5.74, 6) is 0. The zero-order chi connectivity index (χ0) is 11.7. The van der Waals surface area contributed by atoms with Gasteiger partial charge in [-0.05, 0) is 43.4 Å². The summed E-state index contributed by atoms with van der Waals surface area (Å²) in [5.41, 5.74) is 0.745. The highest BCUT2D eigenvalue weighted by Crippen LogP contribution is 2.46. The average molecular weight is 249 g/mol. The summed E-state index contributed by atoms with van der Waals surface area (Å²) in [7, 11) is 0. The molecule has 0 radical (unpaired) electrons. The van der Waals surface area contributed by atoms with Crippen molar-refractivity contribution < 1.29 is 5.11 Å². The van der Waals surface area contributed by atoms with Gasteiger partial charge < -0.3 is 5.11 Å². The minimum atomic E-state index is -0.470. The van der Waals surface area contributed by atoms with Crippen molar-refractivity contribution in [1.29, 1.82) is 0 Å². The molecule has 0 aromatic carbocycles. The Morgan fingerprint density at radius 1 is 1.24 bits per heavy atom. The summed E-state index contributed by atoms with van der Waals surface area (Å²) >= 11 is 2.11. The van der Waals surface area contributed by atoms with Crippen LogP contribution in [0.1, 0.15) is 37.7 Å². The van der Waals surface area contributed by atoms with E-state index in [-0.39, 0.29) is 0 Å². The lowest BCUT2D eigenvalue weighted by Gasteiger charge is -2.44. The summed E-state index contributed by atoms with van der Waals surface area (Å²) in [6, 6.07) is 4.05. The van der Waals surface area contributed by atoms with Crippen molar-refractivity contribution in [2.24, 2.45) is 0 Å². The van der Waals surface area contributed by atoms with Crippen LogP contribution in [0.2, 0.25) is 0 Å². The van der Waals surface area contributed by atoms with E-state index in [0.29, 0.717) is 10.5 Å². The molecule has 0 spiro atoms. The van der Waals surface area contributed by atoms with Crippen molar-refractivity contribution in [1.82, 2.24) is 4.98 Å². The predicted molar refractivity (Wildman–Crippen MR) is 71.1 cm³/mol. The quantitative estimate of drug-likeness (QED) is 0.875. The number of aliphatic hydroxyl groups is 1. The van der Waals surface area contributed by atoms with Crippen molar-refractivity contribution in [3.8, 4) is 0 Å². The van der Waals surface area contributed by atoms with Crippen molar-refractivity contribution in [3.05, 3.63) is 30.1 Å². The maximum Gasteiger partial charge on any atom is 0.0709 e. The number of thioether (sulfide) groups is 1. The third-order valence-electron chi connectivity index (χ3n) is 3.93. The van der Waals surface area contributed by atoms with E-state index in [4.69, 9.17) is 0 Å². The molecule has 2 nitrogen and oxygen atoms in total. The molecule has 3 heterocycles.